The van der Waals surface area contributed by atoms with E-state index >= 15 is 0 Å². The van der Waals surface area contributed by atoms with E-state index < -0.39 is 0 Å². The third kappa shape index (κ3) is 2.07. The van der Waals surface area contributed by atoms with Crippen LogP contribution in [-0.4, -0.2) is 49.1 Å². The topological polar surface area (TPSA) is 38.8 Å². The summed E-state index contributed by atoms with van der Waals surface area (Å²) in [5, 5.41) is 0. The van der Waals surface area contributed by atoms with Crippen LogP contribution >= 0.6 is 11.8 Å². The fourth-order valence-corrected chi connectivity index (χ4v) is 8.07. The number of amides is 1. The Kier molecular flexibility index (Phi) is 4.38. The SMILES string of the molecule is CCCN1CCC23c4cccc(OC)c4OC2C2CCC3(C1=O)C(CSC)C2. The van der Waals surface area contributed by atoms with E-state index in [9.17, 15) is 4.79 Å². The maximum atomic E-state index is 14.1. The first-order chi connectivity index (χ1) is 13.6. The number of ether oxygens (including phenoxy) is 2. The molecule has 1 saturated heterocycles. The molecule has 1 aromatic rings. The zero-order valence-electron chi connectivity index (χ0n) is 17.2. The Morgan fingerprint density at radius 3 is 2.93 bits per heavy atom. The van der Waals surface area contributed by atoms with Crippen LogP contribution in [0, 0.1) is 17.3 Å². The maximum Gasteiger partial charge on any atom is 0.230 e. The quantitative estimate of drug-likeness (QED) is 0.744. The van der Waals surface area contributed by atoms with Crippen molar-refractivity contribution in [3.63, 3.8) is 0 Å². The number of nitrogens with zero attached hydrogens (tertiary/aromatic N) is 1. The second kappa shape index (κ2) is 6.58. The Hall–Kier alpha value is -1.36. The normalized spacial score (nSPS) is 37.9. The molecular weight excluding hydrogens is 370 g/mol. The molecule has 2 spiro atoms. The first-order valence-corrected chi connectivity index (χ1v) is 12.2. The minimum Gasteiger partial charge on any atom is -0.493 e. The number of rotatable bonds is 5. The van der Waals surface area contributed by atoms with Crippen molar-refractivity contribution in [1.82, 2.24) is 4.90 Å². The molecule has 1 amide bonds. The van der Waals surface area contributed by atoms with Gasteiger partial charge in [-0.25, -0.2) is 0 Å². The van der Waals surface area contributed by atoms with Crippen LogP contribution in [0.1, 0.15) is 44.6 Å². The molecular formula is C23H31NO3S. The van der Waals surface area contributed by atoms with Crippen LogP contribution in [0.5, 0.6) is 11.5 Å². The van der Waals surface area contributed by atoms with Crippen LogP contribution in [0.25, 0.3) is 0 Å². The predicted molar refractivity (Wildman–Crippen MR) is 112 cm³/mol. The fourth-order valence-electron chi connectivity index (χ4n) is 7.25. The number of carbonyl (C=O) groups is 1. The van der Waals surface area contributed by atoms with Gasteiger partial charge in [0.05, 0.1) is 17.9 Å². The smallest absolute Gasteiger partial charge is 0.230 e. The van der Waals surface area contributed by atoms with Crippen LogP contribution < -0.4 is 9.47 Å². The minimum absolute atomic E-state index is 0.124. The van der Waals surface area contributed by atoms with Crippen molar-refractivity contribution in [2.24, 2.45) is 17.3 Å². The van der Waals surface area contributed by atoms with Gasteiger partial charge < -0.3 is 14.4 Å². The van der Waals surface area contributed by atoms with Crippen LogP contribution in [-0.2, 0) is 10.2 Å². The van der Waals surface area contributed by atoms with Crippen LogP contribution in [0.3, 0.4) is 0 Å². The van der Waals surface area contributed by atoms with Crippen molar-refractivity contribution >= 4 is 17.7 Å². The lowest BCUT2D eigenvalue weighted by atomic mass is 9.39. The molecule has 3 saturated carbocycles. The van der Waals surface area contributed by atoms with Crippen molar-refractivity contribution in [2.75, 3.05) is 32.2 Å². The number of likely N-dealkylation sites (tertiary alicyclic amines) is 1. The van der Waals surface area contributed by atoms with Gasteiger partial charge in [-0.15, -0.1) is 0 Å². The average molecular weight is 402 g/mol. The van der Waals surface area contributed by atoms with E-state index in [1.165, 1.54) is 5.56 Å². The molecule has 28 heavy (non-hydrogen) atoms. The summed E-state index contributed by atoms with van der Waals surface area (Å²) in [6.07, 6.45) is 7.59. The fraction of sp³-hybridized carbons (Fsp3) is 0.696. The highest BCUT2D eigenvalue weighted by Crippen LogP contribution is 2.72. The van der Waals surface area contributed by atoms with Gasteiger partial charge in [0, 0.05) is 18.7 Å². The molecule has 3 aliphatic carbocycles. The molecule has 4 nitrogen and oxygen atoms in total. The summed E-state index contributed by atoms with van der Waals surface area (Å²) in [5.74, 6) is 4.18. The molecule has 5 aliphatic rings. The monoisotopic (exact) mass is 401 g/mol. The summed E-state index contributed by atoms with van der Waals surface area (Å²) in [6.45, 7) is 3.90. The first kappa shape index (κ1) is 18.7. The van der Waals surface area contributed by atoms with Gasteiger partial charge in [0.25, 0.3) is 0 Å². The van der Waals surface area contributed by atoms with E-state index in [1.54, 1.807) is 7.11 Å². The molecule has 0 aromatic heterocycles. The van der Waals surface area contributed by atoms with Gasteiger partial charge in [0.2, 0.25) is 5.91 Å². The van der Waals surface area contributed by atoms with Crippen molar-refractivity contribution in [1.29, 1.82) is 0 Å². The zero-order chi connectivity index (χ0) is 19.5. The van der Waals surface area contributed by atoms with E-state index in [0.717, 1.165) is 62.4 Å². The Labute approximate surface area is 172 Å². The molecule has 2 heterocycles. The molecule has 1 aromatic carbocycles. The molecule has 0 N–H and O–H groups in total. The third-order valence-electron chi connectivity index (χ3n) is 8.13. The van der Waals surface area contributed by atoms with Gasteiger partial charge in [0.1, 0.15) is 6.10 Å². The van der Waals surface area contributed by atoms with Crippen molar-refractivity contribution in [3.8, 4) is 11.5 Å². The van der Waals surface area contributed by atoms with Gasteiger partial charge in [0.15, 0.2) is 11.5 Å². The Bertz CT molecular complexity index is 798. The van der Waals surface area contributed by atoms with Crippen molar-refractivity contribution in [2.45, 2.75) is 50.5 Å². The van der Waals surface area contributed by atoms with E-state index in [-0.39, 0.29) is 16.9 Å². The molecule has 5 heteroatoms. The van der Waals surface area contributed by atoms with Gasteiger partial charge in [-0.1, -0.05) is 19.1 Å². The maximum absolute atomic E-state index is 14.1. The number of hydrogen-bond acceptors (Lipinski definition) is 4. The highest BCUT2D eigenvalue weighted by molar-refractivity contribution is 7.98. The second-order valence-electron chi connectivity index (χ2n) is 9.05. The summed E-state index contributed by atoms with van der Waals surface area (Å²) >= 11 is 1.90. The molecule has 2 bridgehead atoms. The van der Waals surface area contributed by atoms with Gasteiger partial charge >= 0.3 is 0 Å². The van der Waals surface area contributed by atoms with Crippen molar-refractivity contribution < 1.29 is 14.3 Å². The van der Waals surface area contributed by atoms with E-state index in [0.29, 0.717) is 17.7 Å². The van der Waals surface area contributed by atoms with E-state index in [4.69, 9.17) is 9.47 Å². The summed E-state index contributed by atoms with van der Waals surface area (Å²) < 4.78 is 12.4. The standard InChI is InChI=1S/C23H31NO3S/c1-4-11-24-12-10-23-17-6-5-7-18(26-2)19(17)27-20(23)15-8-9-22(23,21(24)25)16(13-15)14-28-3/h5-7,15-16,20H,4,8-14H2,1-3H3. The van der Waals surface area contributed by atoms with Gasteiger partial charge in [-0.3, -0.25) is 4.79 Å². The van der Waals surface area contributed by atoms with Crippen LogP contribution in [0.15, 0.2) is 18.2 Å². The number of thioether (sulfide) groups is 1. The van der Waals surface area contributed by atoms with E-state index in [2.05, 4.69) is 30.2 Å². The Morgan fingerprint density at radius 1 is 1.32 bits per heavy atom. The number of para-hydroxylation sites is 1. The summed E-state index contributed by atoms with van der Waals surface area (Å²) in [5.41, 5.74) is 0.747. The summed E-state index contributed by atoms with van der Waals surface area (Å²) in [6, 6.07) is 6.30. The number of benzene rings is 1. The van der Waals surface area contributed by atoms with E-state index in [1.807, 2.05) is 17.8 Å². The van der Waals surface area contributed by atoms with Crippen molar-refractivity contribution in [3.05, 3.63) is 23.8 Å². The number of carbonyl (C=O) groups excluding carboxylic acids is 1. The van der Waals surface area contributed by atoms with Gasteiger partial charge in [-0.05, 0) is 62.0 Å². The molecule has 152 valence electrons. The molecule has 5 atom stereocenters. The molecule has 5 unspecified atom stereocenters. The average Bonchev–Trinajstić information content (AvgIpc) is 3.08. The Morgan fingerprint density at radius 2 is 2.18 bits per heavy atom. The molecule has 6 rings (SSSR count). The molecule has 0 radical (unpaired) electrons. The largest absolute Gasteiger partial charge is 0.493 e. The summed E-state index contributed by atoms with van der Waals surface area (Å²) in [4.78, 5) is 16.3. The van der Waals surface area contributed by atoms with Gasteiger partial charge in [-0.2, -0.15) is 11.8 Å². The third-order valence-corrected chi connectivity index (χ3v) is 8.87. The lowest BCUT2D eigenvalue weighted by Gasteiger charge is -2.66. The number of methoxy groups -OCH3 is 1. The van der Waals surface area contributed by atoms with Crippen LogP contribution in [0.4, 0.5) is 0 Å². The zero-order valence-corrected chi connectivity index (χ0v) is 18.0. The lowest BCUT2D eigenvalue weighted by molar-refractivity contribution is -0.192. The highest BCUT2D eigenvalue weighted by Gasteiger charge is 2.75. The molecule has 4 fully saturated rings. The second-order valence-corrected chi connectivity index (χ2v) is 9.96. The highest BCUT2D eigenvalue weighted by atomic mass is 32.2. The number of piperidine rings is 1. The minimum atomic E-state index is -0.319. The summed E-state index contributed by atoms with van der Waals surface area (Å²) in [7, 11) is 1.72. The number of fused-ring (bicyclic) bond motifs is 3. The predicted octanol–water partition coefficient (Wildman–Crippen LogP) is 4.12. The molecule has 2 aliphatic heterocycles. The number of hydrogen-bond donors (Lipinski definition) is 0. The van der Waals surface area contributed by atoms with Crippen LogP contribution in [0.2, 0.25) is 0 Å². The first-order valence-electron chi connectivity index (χ1n) is 10.8. The lowest BCUT2D eigenvalue weighted by Crippen LogP contribution is -2.74. The Balaban J connectivity index is 1.73.